The van der Waals surface area contributed by atoms with Crippen LogP contribution in [0.5, 0.6) is 0 Å². The maximum absolute atomic E-state index is 13.3. The van der Waals surface area contributed by atoms with Gasteiger partial charge >= 0.3 is 0 Å². The number of carbonyl (C=O) groups excluding carboxylic acids is 1. The van der Waals surface area contributed by atoms with Crippen molar-refractivity contribution in [2.75, 3.05) is 6.54 Å². The standard InChI is InChI=1S/C21H22N4O/c1-13-5-6-18-16(11-13)15(7-9-22-18)21(26)25-10-8-19-17(12-25)20(24-23-19)14-3-2-4-14/h5-7,9,11,14H,2-4,8,10,12H2,1H3,(H,23,24). The average molecular weight is 346 g/mol. The van der Waals surface area contributed by atoms with Gasteiger partial charge in [-0.25, -0.2) is 0 Å². The highest BCUT2D eigenvalue weighted by Gasteiger charge is 2.31. The van der Waals surface area contributed by atoms with Crippen molar-refractivity contribution in [3.05, 3.63) is 58.5 Å². The molecule has 0 bridgehead atoms. The molecule has 0 radical (unpaired) electrons. The molecule has 0 unspecified atom stereocenters. The van der Waals surface area contributed by atoms with Gasteiger partial charge in [0, 0.05) is 48.3 Å². The first-order chi connectivity index (χ1) is 12.7. The summed E-state index contributed by atoms with van der Waals surface area (Å²) in [5.41, 5.74) is 6.42. The zero-order valence-corrected chi connectivity index (χ0v) is 15.0. The van der Waals surface area contributed by atoms with Crippen LogP contribution in [0.4, 0.5) is 0 Å². The molecule has 0 spiro atoms. The molecule has 1 saturated carbocycles. The minimum atomic E-state index is 0.0920. The van der Waals surface area contributed by atoms with E-state index in [0.29, 0.717) is 12.5 Å². The van der Waals surface area contributed by atoms with Gasteiger partial charge in [0.15, 0.2) is 0 Å². The largest absolute Gasteiger partial charge is 0.334 e. The molecule has 5 nitrogen and oxygen atoms in total. The number of aromatic nitrogens is 3. The Kier molecular flexibility index (Phi) is 3.55. The van der Waals surface area contributed by atoms with E-state index >= 15 is 0 Å². The number of pyridine rings is 1. The van der Waals surface area contributed by atoms with E-state index in [1.165, 1.54) is 36.2 Å². The third-order valence-electron chi connectivity index (χ3n) is 5.87. The molecular weight excluding hydrogens is 324 g/mol. The van der Waals surface area contributed by atoms with Crippen LogP contribution in [0.1, 0.15) is 58.1 Å². The van der Waals surface area contributed by atoms with Crippen LogP contribution in [-0.2, 0) is 13.0 Å². The molecule has 1 aliphatic carbocycles. The lowest BCUT2D eigenvalue weighted by Crippen LogP contribution is -2.36. The van der Waals surface area contributed by atoms with Crippen LogP contribution in [0.3, 0.4) is 0 Å². The first-order valence-electron chi connectivity index (χ1n) is 9.41. The van der Waals surface area contributed by atoms with Crippen molar-refractivity contribution in [1.29, 1.82) is 0 Å². The van der Waals surface area contributed by atoms with Gasteiger partial charge in [-0.15, -0.1) is 0 Å². The number of hydrogen-bond donors (Lipinski definition) is 1. The lowest BCUT2D eigenvalue weighted by Gasteiger charge is -2.30. The number of rotatable bonds is 2. The number of benzene rings is 1. The third kappa shape index (κ3) is 2.42. The van der Waals surface area contributed by atoms with E-state index in [2.05, 4.69) is 21.2 Å². The maximum Gasteiger partial charge on any atom is 0.254 e. The van der Waals surface area contributed by atoms with Gasteiger partial charge in [-0.3, -0.25) is 14.9 Å². The molecule has 132 valence electrons. The number of hydrogen-bond acceptors (Lipinski definition) is 3. The highest BCUT2D eigenvalue weighted by atomic mass is 16.2. The second-order valence-corrected chi connectivity index (χ2v) is 7.55. The molecule has 2 aliphatic rings. The quantitative estimate of drug-likeness (QED) is 0.769. The van der Waals surface area contributed by atoms with Crippen LogP contribution < -0.4 is 0 Å². The Bertz CT molecular complexity index is 1000. The Morgan fingerprint density at radius 3 is 2.96 bits per heavy atom. The Morgan fingerprint density at radius 2 is 2.15 bits per heavy atom. The maximum atomic E-state index is 13.3. The molecule has 5 rings (SSSR count). The molecule has 5 heteroatoms. The fourth-order valence-corrected chi connectivity index (χ4v) is 4.13. The number of carbonyl (C=O) groups is 1. The molecule has 3 aromatic rings. The number of nitrogens with zero attached hydrogens (tertiary/aromatic N) is 3. The summed E-state index contributed by atoms with van der Waals surface area (Å²) in [6, 6.07) is 7.93. The average Bonchev–Trinajstić information content (AvgIpc) is 3.02. The van der Waals surface area contributed by atoms with Gasteiger partial charge in [-0.05, 0) is 38.0 Å². The van der Waals surface area contributed by atoms with Crippen LogP contribution in [0.25, 0.3) is 10.9 Å². The Morgan fingerprint density at radius 1 is 1.27 bits per heavy atom. The summed E-state index contributed by atoms with van der Waals surface area (Å²) in [4.78, 5) is 19.7. The second kappa shape index (κ2) is 5.94. The zero-order valence-electron chi connectivity index (χ0n) is 15.0. The second-order valence-electron chi connectivity index (χ2n) is 7.55. The first kappa shape index (κ1) is 15.6. The van der Waals surface area contributed by atoms with Gasteiger partial charge in [0.25, 0.3) is 5.91 Å². The van der Waals surface area contributed by atoms with Crippen molar-refractivity contribution in [1.82, 2.24) is 20.1 Å². The molecule has 1 N–H and O–H groups in total. The summed E-state index contributed by atoms with van der Waals surface area (Å²) in [6.07, 6.45) is 6.32. The van der Waals surface area contributed by atoms with Crippen LogP contribution in [0, 0.1) is 6.92 Å². The van der Waals surface area contributed by atoms with E-state index < -0.39 is 0 Å². The third-order valence-corrected chi connectivity index (χ3v) is 5.87. The van der Waals surface area contributed by atoms with E-state index in [4.69, 9.17) is 0 Å². The summed E-state index contributed by atoms with van der Waals surface area (Å²) in [7, 11) is 0. The molecule has 3 heterocycles. The zero-order chi connectivity index (χ0) is 17.7. The summed E-state index contributed by atoms with van der Waals surface area (Å²) in [5, 5.41) is 8.73. The minimum absolute atomic E-state index is 0.0920. The molecule has 0 saturated heterocycles. The Hall–Kier alpha value is -2.69. The summed E-state index contributed by atoms with van der Waals surface area (Å²) < 4.78 is 0. The van der Waals surface area contributed by atoms with Gasteiger partial charge in [-0.1, -0.05) is 18.1 Å². The van der Waals surface area contributed by atoms with E-state index in [-0.39, 0.29) is 5.91 Å². The van der Waals surface area contributed by atoms with Crippen molar-refractivity contribution in [3.8, 4) is 0 Å². The topological polar surface area (TPSA) is 61.9 Å². The van der Waals surface area contributed by atoms with Crippen molar-refractivity contribution in [2.45, 2.75) is 45.1 Å². The normalized spacial score (nSPS) is 17.2. The predicted octanol–water partition coefficient (Wildman–Crippen LogP) is 3.73. The summed E-state index contributed by atoms with van der Waals surface area (Å²) in [5.74, 6) is 0.670. The molecule has 1 fully saturated rings. The van der Waals surface area contributed by atoms with Gasteiger partial charge in [0.2, 0.25) is 0 Å². The number of amides is 1. The number of fused-ring (bicyclic) bond motifs is 2. The van der Waals surface area contributed by atoms with Crippen LogP contribution in [-0.4, -0.2) is 32.5 Å². The lowest BCUT2D eigenvalue weighted by atomic mass is 9.80. The minimum Gasteiger partial charge on any atom is -0.334 e. The van der Waals surface area contributed by atoms with Crippen molar-refractivity contribution in [2.24, 2.45) is 0 Å². The Balaban J connectivity index is 1.49. The van der Waals surface area contributed by atoms with Crippen LogP contribution in [0.2, 0.25) is 0 Å². The summed E-state index contributed by atoms with van der Waals surface area (Å²) >= 11 is 0. The van der Waals surface area contributed by atoms with Crippen LogP contribution in [0.15, 0.2) is 30.5 Å². The smallest absolute Gasteiger partial charge is 0.254 e. The molecule has 26 heavy (non-hydrogen) atoms. The lowest BCUT2D eigenvalue weighted by molar-refractivity contribution is 0.0735. The molecule has 2 aromatic heterocycles. The fraction of sp³-hybridized carbons (Fsp3) is 0.381. The monoisotopic (exact) mass is 346 g/mol. The van der Waals surface area contributed by atoms with Gasteiger partial charge in [0.1, 0.15) is 0 Å². The molecule has 1 aliphatic heterocycles. The Labute approximate surface area is 152 Å². The number of aryl methyl sites for hydroxylation is 1. The van der Waals surface area contributed by atoms with Crippen molar-refractivity contribution in [3.63, 3.8) is 0 Å². The van der Waals surface area contributed by atoms with Gasteiger partial charge < -0.3 is 4.90 Å². The van der Waals surface area contributed by atoms with E-state index in [1.54, 1.807) is 6.20 Å². The van der Waals surface area contributed by atoms with E-state index in [1.807, 2.05) is 30.0 Å². The summed E-state index contributed by atoms with van der Waals surface area (Å²) in [6.45, 7) is 3.43. The number of aromatic amines is 1. The van der Waals surface area contributed by atoms with Gasteiger partial charge in [-0.2, -0.15) is 5.10 Å². The number of H-pyrrole nitrogens is 1. The first-order valence-corrected chi connectivity index (χ1v) is 9.41. The van der Waals surface area contributed by atoms with Crippen LogP contribution >= 0.6 is 0 Å². The molecular formula is C21H22N4O. The molecule has 1 aromatic carbocycles. The van der Waals surface area contributed by atoms with Crippen molar-refractivity contribution < 1.29 is 4.79 Å². The fourth-order valence-electron chi connectivity index (χ4n) is 4.13. The number of nitrogens with one attached hydrogen (secondary N) is 1. The SMILES string of the molecule is Cc1ccc2nccc(C(=O)N3CCc4[nH]nc(C5CCC5)c4C3)c2c1. The predicted molar refractivity (Wildman–Crippen MR) is 100 cm³/mol. The van der Waals surface area contributed by atoms with E-state index in [0.717, 1.165) is 35.0 Å². The molecule has 1 amide bonds. The highest BCUT2D eigenvalue weighted by molar-refractivity contribution is 6.06. The van der Waals surface area contributed by atoms with E-state index in [9.17, 15) is 4.79 Å². The highest BCUT2D eigenvalue weighted by Crippen LogP contribution is 2.39. The van der Waals surface area contributed by atoms with Crippen molar-refractivity contribution >= 4 is 16.8 Å². The molecule has 0 atom stereocenters. The van der Waals surface area contributed by atoms with Gasteiger partial charge in [0.05, 0.1) is 16.8 Å².